The molecule has 0 aromatic heterocycles. The molecule has 2 aliphatic rings. The van der Waals surface area contributed by atoms with Crippen molar-refractivity contribution in [1.82, 2.24) is 0 Å². The summed E-state index contributed by atoms with van der Waals surface area (Å²) < 4.78 is 16.9. The largest absolute Gasteiger partial charge is 0.508 e. The molecule has 17 nitrogen and oxygen atoms in total. The zero-order chi connectivity index (χ0) is 39.2. The van der Waals surface area contributed by atoms with Crippen molar-refractivity contribution in [1.29, 1.82) is 0 Å². The van der Waals surface area contributed by atoms with Crippen molar-refractivity contribution in [2.45, 2.75) is 37.3 Å². The number of carbonyl (C=O) groups is 1. The third kappa shape index (κ3) is 7.10. The lowest BCUT2D eigenvalue weighted by Crippen LogP contribution is -2.34. The van der Waals surface area contributed by atoms with Gasteiger partial charge < -0.3 is 80.6 Å². The number of esters is 1. The monoisotopic (exact) mass is 748 g/mol. The van der Waals surface area contributed by atoms with E-state index in [0.29, 0.717) is 11.1 Å². The maximum atomic E-state index is 12.7. The van der Waals surface area contributed by atoms with E-state index in [9.17, 15) is 71.2 Å². The van der Waals surface area contributed by atoms with Crippen LogP contribution in [0.1, 0.15) is 44.8 Å². The van der Waals surface area contributed by atoms with Crippen LogP contribution < -0.4 is 9.47 Å². The molecule has 0 saturated heterocycles. The molecule has 2 heterocycles. The highest BCUT2D eigenvalue weighted by molar-refractivity contribution is 5.91. The van der Waals surface area contributed by atoms with Crippen LogP contribution in [-0.2, 0) is 17.6 Å². The Labute approximate surface area is 303 Å². The zero-order valence-corrected chi connectivity index (χ0v) is 27.5. The first-order valence-electron chi connectivity index (χ1n) is 15.8. The molecular weight excluding hydrogens is 716 g/mol. The lowest BCUT2D eigenvalue weighted by Gasteiger charge is -2.34. The molecule has 0 radical (unpaired) electrons. The van der Waals surface area contributed by atoms with E-state index in [2.05, 4.69) is 0 Å². The van der Waals surface area contributed by atoms with Crippen molar-refractivity contribution >= 4 is 5.97 Å². The number of aliphatic hydroxyl groups excluding tert-OH is 1. The summed E-state index contributed by atoms with van der Waals surface area (Å²) in [6.07, 6.45) is -4.05. The van der Waals surface area contributed by atoms with E-state index in [-0.39, 0.29) is 75.5 Å². The number of fused-ring (bicyclic) bond motifs is 2. The molecule has 4 atom stereocenters. The van der Waals surface area contributed by atoms with Gasteiger partial charge in [0.25, 0.3) is 0 Å². The quantitative estimate of drug-likeness (QED) is 0.0918. The number of rotatable bonds is 4. The fourth-order valence-corrected chi connectivity index (χ4v) is 6.02. The summed E-state index contributed by atoms with van der Waals surface area (Å²) >= 11 is 0. The summed E-state index contributed by atoms with van der Waals surface area (Å²) in [7, 11) is 0. The van der Waals surface area contributed by atoms with E-state index in [1.807, 2.05) is 0 Å². The topological polar surface area (TPSA) is 308 Å². The molecule has 17 heteroatoms. The Morgan fingerprint density at radius 1 is 0.519 bits per heavy atom. The van der Waals surface area contributed by atoms with Crippen molar-refractivity contribution < 1.29 is 85.4 Å². The number of phenolic OH excluding ortho intramolecular Hbond substituents is 12. The summed E-state index contributed by atoms with van der Waals surface area (Å²) in [5.41, 5.74) is 0.875. The first kappa shape index (κ1) is 36.5. The minimum atomic E-state index is -1.18. The summed E-state index contributed by atoms with van der Waals surface area (Å²) in [5.74, 6) is -6.65. The van der Waals surface area contributed by atoms with Gasteiger partial charge in [0, 0.05) is 53.8 Å². The zero-order valence-electron chi connectivity index (χ0n) is 27.5. The van der Waals surface area contributed by atoms with Crippen molar-refractivity contribution in [2.75, 3.05) is 0 Å². The van der Waals surface area contributed by atoms with Crippen LogP contribution in [-0.4, -0.2) is 84.6 Å². The Morgan fingerprint density at radius 2 is 1.00 bits per heavy atom. The predicted molar refractivity (Wildman–Crippen MR) is 182 cm³/mol. The minimum Gasteiger partial charge on any atom is -0.508 e. The van der Waals surface area contributed by atoms with Crippen LogP contribution in [0.2, 0.25) is 0 Å². The molecule has 0 aliphatic carbocycles. The Bertz CT molecular complexity index is 2220. The van der Waals surface area contributed by atoms with Gasteiger partial charge in [0.15, 0.2) is 52.1 Å². The summed E-state index contributed by atoms with van der Waals surface area (Å²) in [5, 5.41) is 127. The van der Waals surface area contributed by atoms with Crippen LogP contribution in [0.15, 0.2) is 66.7 Å². The molecule has 5 aromatic carbocycles. The molecule has 282 valence electrons. The highest BCUT2D eigenvalue weighted by Gasteiger charge is 2.38. The van der Waals surface area contributed by atoms with Crippen LogP contribution in [0.5, 0.6) is 80.5 Å². The SMILES string of the molecule is O=C(O[C@@H]1Cc2c(O)cc(O)cc2O[C@@H]1c1cc(O)c(O)c(O)c1)c1cc(O)c(O)c(O)c1.Oc1cc(O)c2c(c1)O[C@H](c1ccc(O)c(O)c1)[C@H](O)C2. The van der Waals surface area contributed by atoms with Crippen LogP contribution in [0.25, 0.3) is 0 Å². The van der Waals surface area contributed by atoms with Crippen LogP contribution >= 0.6 is 0 Å². The third-order valence-electron chi connectivity index (χ3n) is 8.67. The van der Waals surface area contributed by atoms with Crippen LogP contribution in [0.3, 0.4) is 0 Å². The van der Waals surface area contributed by atoms with E-state index in [0.717, 1.165) is 30.3 Å². The second-order valence-corrected chi connectivity index (χ2v) is 12.4. The lowest BCUT2D eigenvalue weighted by atomic mass is 9.93. The first-order valence-corrected chi connectivity index (χ1v) is 15.8. The second kappa shape index (κ2) is 14.0. The second-order valence-electron chi connectivity index (χ2n) is 12.4. The lowest BCUT2D eigenvalue weighted by molar-refractivity contribution is -0.0189. The fraction of sp³-hybridized carbons (Fsp3) is 0.162. The van der Waals surface area contributed by atoms with Gasteiger partial charge in [-0.15, -0.1) is 0 Å². The minimum absolute atomic E-state index is 0.0526. The summed E-state index contributed by atoms with van der Waals surface area (Å²) in [4.78, 5) is 12.7. The van der Waals surface area contributed by atoms with Crippen LogP contribution in [0, 0.1) is 0 Å². The standard InChI is InChI=1S/C22H18O11.C15H14O6/c23-10-5-12(24)11-7-18(33-22(31)9-3-15(27)20(30)16(28)4-9)21(32-17(11)6-10)8-1-13(25)19(29)14(26)2-8;16-8-4-11(18)9-6-13(20)15(21-14(9)5-8)7-1-2-10(17)12(19)3-7/h1-6,18,21,23-30H,7H2;1-5,13,15-20H,6H2/t18-,21-;13-,15-/m11/s1. The van der Waals surface area contributed by atoms with Gasteiger partial charge in [0.2, 0.25) is 0 Å². The van der Waals surface area contributed by atoms with Gasteiger partial charge >= 0.3 is 5.97 Å². The fourth-order valence-electron chi connectivity index (χ4n) is 6.02. The molecule has 0 fully saturated rings. The van der Waals surface area contributed by atoms with Crippen molar-refractivity contribution in [2.24, 2.45) is 0 Å². The molecule has 0 amide bonds. The molecule has 5 aromatic rings. The average Bonchev–Trinajstić information content (AvgIpc) is 3.10. The van der Waals surface area contributed by atoms with Gasteiger partial charge in [-0.3, -0.25) is 0 Å². The number of phenols is 12. The Hall–Kier alpha value is -7.27. The predicted octanol–water partition coefficient (Wildman–Crippen LogP) is 3.78. The molecule has 13 N–H and O–H groups in total. The van der Waals surface area contributed by atoms with E-state index in [1.54, 1.807) is 0 Å². The van der Waals surface area contributed by atoms with E-state index in [1.165, 1.54) is 36.4 Å². The number of hydrogen-bond acceptors (Lipinski definition) is 17. The van der Waals surface area contributed by atoms with Gasteiger partial charge in [-0.2, -0.15) is 0 Å². The summed E-state index contributed by atoms with van der Waals surface area (Å²) in [6, 6.07) is 12.8. The number of ether oxygens (including phenoxy) is 3. The van der Waals surface area contributed by atoms with E-state index < -0.39 is 64.9 Å². The van der Waals surface area contributed by atoms with Crippen molar-refractivity contribution in [3.8, 4) is 80.5 Å². The smallest absolute Gasteiger partial charge is 0.338 e. The summed E-state index contributed by atoms with van der Waals surface area (Å²) in [6.45, 7) is 0. The number of carbonyl (C=O) groups excluding carboxylic acids is 1. The molecule has 2 aliphatic heterocycles. The van der Waals surface area contributed by atoms with Crippen molar-refractivity contribution in [3.05, 3.63) is 94.5 Å². The molecular formula is C37H32O17. The number of aromatic hydroxyl groups is 12. The van der Waals surface area contributed by atoms with E-state index in [4.69, 9.17) is 14.2 Å². The third-order valence-corrected chi connectivity index (χ3v) is 8.67. The Balaban J connectivity index is 0.000000203. The molecule has 7 rings (SSSR count). The van der Waals surface area contributed by atoms with Gasteiger partial charge in [0.1, 0.15) is 46.7 Å². The van der Waals surface area contributed by atoms with Gasteiger partial charge in [-0.1, -0.05) is 6.07 Å². The normalized spacial score (nSPS) is 18.5. The van der Waals surface area contributed by atoms with Gasteiger partial charge in [0.05, 0.1) is 11.7 Å². The maximum Gasteiger partial charge on any atom is 0.338 e. The maximum absolute atomic E-state index is 12.7. The number of benzene rings is 5. The Morgan fingerprint density at radius 3 is 1.54 bits per heavy atom. The Kier molecular flexibility index (Phi) is 9.49. The van der Waals surface area contributed by atoms with Gasteiger partial charge in [-0.05, 0) is 42.0 Å². The van der Waals surface area contributed by atoms with E-state index >= 15 is 0 Å². The van der Waals surface area contributed by atoms with Crippen LogP contribution in [0.4, 0.5) is 0 Å². The highest BCUT2D eigenvalue weighted by Crippen LogP contribution is 2.47. The number of hydrogen-bond donors (Lipinski definition) is 13. The molecule has 0 unspecified atom stereocenters. The van der Waals surface area contributed by atoms with Crippen molar-refractivity contribution in [3.63, 3.8) is 0 Å². The first-order chi connectivity index (χ1) is 25.5. The molecule has 54 heavy (non-hydrogen) atoms. The molecule has 0 bridgehead atoms. The highest BCUT2D eigenvalue weighted by atomic mass is 16.6. The molecule has 0 saturated carbocycles. The average molecular weight is 749 g/mol. The van der Waals surface area contributed by atoms with Gasteiger partial charge in [-0.25, -0.2) is 4.79 Å². The molecule has 0 spiro atoms. The number of aliphatic hydroxyl groups is 1.